The first-order valence-corrected chi connectivity index (χ1v) is 9.32. The first-order chi connectivity index (χ1) is 11.2. The van der Waals surface area contributed by atoms with Gasteiger partial charge >= 0.3 is 6.03 Å². The average molecular weight is 354 g/mol. The zero-order chi connectivity index (χ0) is 16.1. The highest BCUT2D eigenvalue weighted by Gasteiger charge is 2.32. The zero-order valence-corrected chi connectivity index (χ0v) is 14.2. The largest absolute Gasteiger partial charge is 0.337 e. The van der Waals surface area contributed by atoms with E-state index in [4.69, 9.17) is 0 Å². The van der Waals surface area contributed by atoms with E-state index in [0.717, 1.165) is 12.2 Å². The van der Waals surface area contributed by atoms with Crippen molar-refractivity contribution in [2.24, 2.45) is 0 Å². The second kappa shape index (κ2) is 7.85. The molecule has 2 atom stereocenters. The number of aromatic nitrogens is 1. The van der Waals surface area contributed by atoms with Crippen molar-refractivity contribution in [2.75, 3.05) is 13.1 Å². The number of thiazole rings is 1. The number of thiophene rings is 1. The molecule has 2 N–H and O–H groups in total. The molecule has 0 aliphatic carbocycles. The van der Waals surface area contributed by atoms with E-state index in [1.807, 2.05) is 16.8 Å². The second-order valence-corrected chi connectivity index (χ2v) is 7.29. The summed E-state index contributed by atoms with van der Waals surface area (Å²) in [6, 6.07) is 3.86. The minimum absolute atomic E-state index is 0.0390. The molecule has 124 valence electrons. The standard InChI is InChI=1S/C15H19FN4OS2/c16-11-4-13(20(7-11)8-14-2-1-3-23-14)6-18-15(21)17-5-12-9-22-10-19-12/h1-3,9-11,13H,4-8H2,(H2,17,18,21)/t11-,13-/m0/s1. The molecule has 23 heavy (non-hydrogen) atoms. The van der Waals surface area contributed by atoms with Crippen LogP contribution in [0.3, 0.4) is 0 Å². The first-order valence-electron chi connectivity index (χ1n) is 7.50. The molecule has 1 saturated heterocycles. The number of carbonyl (C=O) groups is 1. The molecule has 0 aromatic carbocycles. The van der Waals surface area contributed by atoms with Crippen LogP contribution in [0.5, 0.6) is 0 Å². The Morgan fingerprint density at radius 3 is 3.13 bits per heavy atom. The van der Waals surface area contributed by atoms with Crippen LogP contribution >= 0.6 is 22.7 Å². The number of carbonyl (C=O) groups excluding carboxylic acids is 1. The van der Waals surface area contributed by atoms with Gasteiger partial charge in [-0.25, -0.2) is 14.2 Å². The number of halogens is 1. The molecule has 2 aromatic heterocycles. The molecule has 1 fully saturated rings. The molecule has 0 bridgehead atoms. The lowest BCUT2D eigenvalue weighted by molar-refractivity contribution is 0.220. The predicted octanol–water partition coefficient (Wildman–Crippen LogP) is 2.62. The maximum Gasteiger partial charge on any atom is 0.315 e. The van der Waals surface area contributed by atoms with E-state index in [9.17, 15) is 9.18 Å². The van der Waals surface area contributed by atoms with Gasteiger partial charge < -0.3 is 10.6 Å². The molecule has 1 aliphatic heterocycles. The van der Waals surface area contributed by atoms with Crippen molar-refractivity contribution >= 4 is 28.7 Å². The van der Waals surface area contributed by atoms with Crippen molar-refractivity contribution in [1.82, 2.24) is 20.5 Å². The van der Waals surface area contributed by atoms with E-state index in [0.29, 0.717) is 26.1 Å². The summed E-state index contributed by atoms with van der Waals surface area (Å²) in [4.78, 5) is 19.3. The van der Waals surface area contributed by atoms with Crippen LogP contribution in [0.15, 0.2) is 28.4 Å². The highest BCUT2D eigenvalue weighted by atomic mass is 32.1. The quantitative estimate of drug-likeness (QED) is 0.838. The Morgan fingerprint density at radius 2 is 2.39 bits per heavy atom. The monoisotopic (exact) mass is 354 g/mol. The van der Waals surface area contributed by atoms with Crippen LogP contribution in [0.1, 0.15) is 17.0 Å². The molecular formula is C15H19FN4OS2. The Bertz CT molecular complexity index is 605. The van der Waals surface area contributed by atoms with Gasteiger partial charge in [0.2, 0.25) is 0 Å². The smallest absolute Gasteiger partial charge is 0.315 e. The third-order valence-electron chi connectivity index (χ3n) is 3.83. The summed E-state index contributed by atoms with van der Waals surface area (Å²) in [5, 5.41) is 9.52. The summed E-state index contributed by atoms with van der Waals surface area (Å²) in [6.45, 7) is 2.04. The van der Waals surface area contributed by atoms with Crippen molar-refractivity contribution in [3.63, 3.8) is 0 Å². The highest BCUT2D eigenvalue weighted by molar-refractivity contribution is 7.09. The summed E-state index contributed by atoms with van der Waals surface area (Å²) in [5.74, 6) is 0. The van der Waals surface area contributed by atoms with Gasteiger partial charge in [-0.05, 0) is 17.9 Å². The summed E-state index contributed by atoms with van der Waals surface area (Å²) in [6.07, 6.45) is -0.350. The lowest BCUT2D eigenvalue weighted by Crippen LogP contribution is -2.43. The number of urea groups is 1. The minimum atomic E-state index is -0.820. The maximum absolute atomic E-state index is 13.7. The van der Waals surface area contributed by atoms with Gasteiger partial charge in [-0.2, -0.15) is 0 Å². The maximum atomic E-state index is 13.7. The van der Waals surface area contributed by atoms with E-state index < -0.39 is 6.17 Å². The number of alkyl halides is 1. The van der Waals surface area contributed by atoms with Crippen molar-refractivity contribution in [3.05, 3.63) is 39.0 Å². The van der Waals surface area contributed by atoms with E-state index in [2.05, 4.69) is 26.6 Å². The minimum Gasteiger partial charge on any atom is -0.337 e. The summed E-state index contributed by atoms with van der Waals surface area (Å²) >= 11 is 3.17. The number of hydrogen-bond donors (Lipinski definition) is 2. The molecule has 3 rings (SSSR count). The molecule has 0 saturated carbocycles. The van der Waals surface area contributed by atoms with Crippen LogP contribution in [-0.4, -0.2) is 41.2 Å². The van der Waals surface area contributed by atoms with Crippen LogP contribution in [0.25, 0.3) is 0 Å². The average Bonchev–Trinajstić information content (AvgIpc) is 3.26. The highest BCUT2D eigenvalue weighted by Crippen LogP contribution is 2.23. The molecule has 2 amide bonds. The number of likely N-dealkylation sites (tertiary alicyclic amines) is 1. The van der Waals surface area contributed by atoms with Crippen LogP contribution in [0.4, 0.5) is 9.18 Å². The van der Waals surface area contributed by atoms with E-state index in [1.165, 1.54) is 16.2 Å². The number of amides is 2. The topological polar surface area (TPSA) is 57.3 Å². The van der Waals surface area contributed by atoms with Crippen LogP contribution < -0.4 is 10.6 Å². The molecule has 0 radical (unpaired) electrons. The lowest BCUT2D eigenvalue weighted by Gasteiger charge is -2.23. The van der Waals surface area contributed by atoms with Gasteiger partial charge in [-0.15, -0.1) is 22.7 Å². The van der Waals surface area contributed by atoms with Gasteiger partial charge in [0.1, 0.15) is 6.17 Å². The van der Waals surface area contributed by atoms with Crippen molar-refractivity contribution < 1.29 is 9.18 Å². The summed E-state index contributed by atoms with van der Waals surface area (Å²) in [7, 11) is 0. The van der Waals surface area contributed by atoms with Gasteiger partial charge in [0, 0.05) is 35.9 Å². The molecule has 0 spiro atoms. The van der Waals surface area contributed by atoms with E-state index in [-0.39, 0.29) is 12.1 Å². The molecule has 2 aromatic rings. The number of nitrogens with zero attached hydrogens (tertiary/aromatic N) is 2. The Hall–Kier alpha value is -1.51. The molecule has 0 unspecified atom stereocenters. The Morgan fingerprint density at radius 1 is 1.48 bits per heavy atom. The fourth-order valence-corrected chi connectivity index (χ4v) is 3.99. The van der Waals surface area contributed by atoms with Gasteiger partial charge in [0.15, 0.2) is 0 Å². The number of rotatable bonds is 6. The van der Waals surface area contributed by atoms with Crippen LogP contribution in [0, 0.1) is 0 Å². The van der Waals surface area contributed by atoms with Gasteiger partial charge in [-0.3, -0.25) is 4.90 Å². The number of nitrogens with one attached hydrogen (secondary N) is 2. The zero-order valence-electron chi connectivity index (χ0n) is 12.6. The van der Waals surface area contributed by atoms with Gasteiger partial charge in [0.05, 0.1) is 17.7 Å². The van der Waals surface area contributed by atoms with Crippen molar-refractivity contribution in [2.45, 2.75) is 31.7 Å². The van der Waals surface area contributed by atoms with Crippen molar-refractivity contribution in [1.29, 1.82) is 0 Å². The molecule has 8 heteroatoms. The third kappa shape index (κ3) is 4.73. The lowest BCUT2D eigenvalue weighted by atomic mass is 10.2. The molecule has 5 nitrogen and oxygen atoms in total. The Kier molecular flexibility index (Phi) is 5.58. The Labute approximate surface area is 142 Å². The van der Waals surface area contributed by atoms with E-state index in [1.54, 1.807) is 16.8 Å². The molecule has 3 heterocycles. The second-order valence-electron chi connectivity index (χ2n) is 5.54. The molecule has 1 aliphatic rings. The van der Waals surface area contributed by atoms with Gasteiger partial charge in [0.25, 0.3) is 0 Å². The van der Waals surface area contributed by atoms with Gasteiger partial charge in [-0.1, -0.05) is 6.07 Å². The Balaban J connectivity index is 1.44. The first kappa shape index (κ1) is 16.4. The summed E-state index contributed by atoms with van der Waals surface area (Å²) < 4.78 is 13.7. The predicted molar refractivity (Wildman–Crippen MR) is 90.4 cm³/mol. The van der Waals surface area contributed by atoms with Crippen LogP contribution in [0.2, 0.25) is 0 Å². The fraction of sp³-hybridized carbons (Fsp3) is 0.467. The normalized spacial score (nSPS) is 21.4. The van der Waals surface area contributed by atoms with Crippen LogP contribution in [-0.2, 0) is 13.1 Å². The molecular weight excluding hydrogens is 335 g/mol. The SMILES string of the molecule is O=C(NCc1cscn1)NC[C@@H]1C[C@H](F)CN1Cc1cccs1. The fourth-order valence-electron chi connectivity index (χ4n) is 2.70. The van der Waals surface area contributed by atoms with E-state index >= 15 is 0 Å². The number of hydrogen-bond acceptors (Lipinski definition) is 5. The third-order valence-corrected chi connectivity index (χ3v) is 5.32. The summed E-state index contributed by atoms with van der Waals surface area (Å²) in [5.41, 5.74) is 2.58. The van der Waals surface area contributed by atoms with Crippen molar-refractivity contribution in [3.8, 4) is 0 Å².